The number of ether oxygens (including phenoxy) is 3. The lowest BCUT2D eigenvalue weighted by Crippen LogP contribution is -2.30. The lowest BCUT2D eigenvalue weighted by Gasteiger charge is -2.18. The Kier molecular flexibility index (Phi) is 63.3. The number of hydrogen-bond donors (Lipinski definition) is 0. The molecule has 1 unspecified atom stereocenters. The van der Waals surface area contributed by atoms with Crippen LogP contribution in [-0.2, 0) is 28.6 Å². The minimum atomic E-state index is -0.791. The van der Waals surface area contributed by atoms with E-state index in [4.69, 9.17) is 14.2 Å². The molecule has 0 N–H and O–H groups in total. The number of carbonyl (C=O) groups excluding carboxylic acids is 3. The first-order valence-corrected chi connectivity index (χ1v) is 33.2. The van der Waals surface area contributed by atoms with Gasteiger partial charge in [-0.05, 0) is 128 Å². The van der Waals surface area contributed by atoms with Gasteiger partial charge in [-0.25, -0.2) is 0 Å². The summed E-state index contributed by atoms with van der Waals surface area (Å²) in [4.78, 5) is 38.3. The molecule has 0 spiro atoms. The third-order valence-electron chi connectivity index (χ3n) is 13.9. The van der Waals surface area contributed by atoms with Crippen LogP contribution in [0.5, 0.6) is 0 Å². The average Bonchev–Trinajstić information content (AvgIpc) is 3.46. The molecule has 0 saturated carbocycles. The minimum Gasteiger partial charge on any atom is -0.462 e. The average molecular weight is 1110 g/mol. The van der Waals surface area contributed by atoms with E-state index in [0.717, 1.165) is 148 Å². The molecule has 0 rings (SSSR count). The molecular formula is C74H122O6. The molecule has 0 radical (unpaired) electrons. The SMILES string of the molecule is CC/C=C\C/C=C\C/C=C\C/C=C\C/C=C\C/C=C\CCCCCCCCCCC(=O)OCC(COC(=O)CCCCCCC/C=C\CCC)OC(=O)CCCCCCCCCCCCCC/C=C\C/C=C\C/C=C\C/C=C\CC. The summed E-state index contributed by atoms with van der Waals surface area (Å²) in [6.45, 7) is 6.35. The van der Waals surface area contributed by atoms with Gasteiger partial charge in [-0.15, -0.1) is 0 Å². The van der Waals surface area contributed by atoms with Crippen molar-refractivity contribution in [3.05, 3.63) is 134 Å². The van der Waals surface area contributed by atoms with Crippen molar-refractivity contribution in [1.29, 1.82) is 0 Å². The van der Waals surface area contributed by atoms with Crippen molar-refractivity contribution < 1.29 is 28.6 Å². The van der Waals surface area contributed by atoms with Crippen molar-refractivity contribution in [1.82, 2.24) is 0 Å². The van der Waals surface area contributed by atoms with Crippen LogP contribution in [0.25, 0.3) is 0 Å². The molecule has 6 nitrogen and oxygen atoms in total. The summed E-state index contributed by atoms with van der Waals surface area (Å²) in [5, 5.41) is 0. The molecule has 80 heavy (non-hydrogen) atoms. The van der Waals surface area contributed by atoms with Gasteiger partial charge in [0.25, 0.3) is 0 Å². The summed E-state index contributed by atoms with van der Waals surface area (Å²) in [5.41, 5.74) is 0. The van der Waals surface area contributed by atoms with Crippen LogP contribution in [0, 0.1) is 0 Å². The largest absolute Gasteiger partial charge is 0.462 e. The summed E-state index contributed by atoms with van der Waals surface area (Å²) < 4.78 is 16.9. The van der Waals surface area contributed by atoms with Gasteiger partial charge >= 0.3 is 17.9 Å². The first-order chi connectivity index (χ1) is 39.5. The third-order valence-corrected chi connectivity index (χ3v) is 13.9. The van der Waals surface area contributed by atoms with E-state index < -0.39 is 6.10 Å². The van der Waals surface area contributed by atoms with Gasteiger partial charge < -0.3 is 14.2 Å². The summed E-state index contributed by atoms with van der Waals surface area (Å²) >= 11 is 0. The number of hydrogen-bond acceptors (Lipinski definition) is 6. The number of carbonyl (C=O) groups is 3. The summed E-state index contributed by atoms with van der Waals surface area (Å²) in [6.07, 6.45) is 94.7. The fraction of sp³-hybridized carbons (Fsp3) is 0.662. The van der Waals surface area contributed by atoms with Crippen LogP contribution in [0.1, 0.15) is 297 Å². The van der Waals surface area contributed by atoms with E-state index in [1.165, 1.54) is 109 Å². The zero-order chi connectivity index (χ0) is 57.8. The Morgan fingerprint density at radius 3 is 0.775 bits per heavy atom. The number of allylic oxidation sites excluding steroid dienone is 22. The highest BCUT2D eigenvalue weighted by atomic mass is 16.6. The van der Waals surface area contributed by atoms with E-state index in [-0.39, 0.29) is 31.1 Å². The summed E-state index contributed by atoms with van der Waals surface area (Å²) in [7, 11) is 0. The Bertz CT molecular complexity index is 1700. The molecule has 0 saturated heterocycles. The molecule has 0 aliphatic rings. The molecule has 1 atom stereocenters. The molecule has 0 aromatic rings. The lowest BCUT2D eigenvalue weighted by atomic mass is 10.0. The summed E-state index contributed by atoms with van der Waals surface area (Å²) in [5.74, 6) is -0.904. The van der Waals surface area contributed by atoms with Gasteiger partial charge in [0, 0.05) is 19.3 Å². The summed E-state index contributed by atoms with van der Waals surface area (Å²) in [6, 6.07) is 0. The standard InChI is InChI=1S/C74H122O6/c1-4-7-10-13-16-19-22-24-26-28-30-32-34-36-37-39-40-42-44-46-48-50-52-55-58-61-64-67-73(76)79-70-71(69-78-72(75)66-63-60-57-54-21-18-15-12-9-6-3)80-74(77)68-65-62-59-56-53-51-49-47-45-43-41-38-35-33-31-29-27-25-23-20-17-14-11-8-5-2/h7-8,10-12,15-17,19-20,24-27,30-33,36-37,40,42,71H,4-6,9,13-14,18,21-23,28-29,34-35,38-39,41,43-70H2,1-3H3/b10-7-,11-8-,15-12-,19-16-,20-17-,26-24-,27-25-,32-30-,33-31-,37-36-,42-40-. The van der Waals surface area contributed by atoms with Crippen LogP contribution < -0.4 is 0 Å². The van der Waals surface area contributed by atoms with E-state index in [0.29, 0.717) is 19.3 Å². The normalized spacial score (nSPS) is 13.0. The molecule has 0 fully saturated rings. The van der Waals surface area contributed by atoms with Crippen LogP contribution in [0.3, 0.4) is 0 Å². The van der Waals surface area contributed by atoms with Crippen molar-refractivity contribution in [2.75, 3.05) is 13.2 Å². The molecule has 454 valence electrons. The van der Waals surface area contributed by atoms with Gasteiger partial charge in [-0.2, -0.15) is 0 Å². The van der Waals surface area contributed by atoms with Crippen molar-refractivity contribution in [3.63, 3.8) is 0 Å². The van der Waals surface area contributed by atoms with Crippen molar-refractivity contribution in [3.8, 4) is 0 Å². The Morgan fingerprint density at radius 2 is 0.487 bits per heavy atom. The molecule has 0 heterocycles. The maximum absolute atomic E-state index is 12.9. The van der Waals surface area contributed by atoms with Crippen LogP contribution in [0.15, 0.2) is 134 Å². The van der Waals surface area contributed by atoms with Crippen molar-refractivity contribution in [2.24, 2.45) is 0 Å². The second-order valence-electron chi connectivity index (χ2n) is 21.6. The van der Waals surface area contributed by atoms with E-state index in [1.807, 2.05) is 0 Å². The second-order valence-corrected chi connectivity index (χ2v) is 21.6. The Balaban J connectivity index is 4.27. The van der Waals surface area contributed by atoms with Gasteiger partial charge in [0.15, 0.2) is 6.10 Å². The fourth-order valence-electron chi connectivity index (χ4n) is 8.97. The highest BCUT2D eigenvalue weighted by molar-refractivity contribution is 5.71. The predicted octanol–water partition coefficient (Wildman–Crippen LogP) is 22.9. The van der Waals surface area contributed by atoms with Crippen molar-refractivity contribution in [2.45, 2.75) is 303 Å². The maximum Gasteiger partial charge on any atom is 0.306 e. The van der Waals surface area contributed by atoms with E-state index in [1.54, 1.807) is 0 Å². The van der Waals surface area contributed by atoms with Gasteiger partial charge in [-0.3, -0.25) is 14.4 Å². The number of rotatable bonds is 59. The third kappa shape index (κ3) is 64.4. The Hall–Kier alpha value is -4.45. The van der Waals surface area contributed by atoms with Crippen LogP contribution in [0.2, 0.25) is 0 Å². The zero-order valence-electron chi connectivity index (χ0n) is 52.0. The van der Waals surface area contributed by atoms with Crippen LogP contribution in [0.4, 0.5) is 0 Å². The van der Waals surface area contributed by atoms with Crippen LogP contribution >= 0.6 is 0 Å². The molecule has 0 aromatic heterocycles. The predicted molar refractivity (Wildman–Crippen MR) is 348 cm³/mol. The van der Waals surface area contributed by atoms with Gasteiger partial charge in [-0.1, -0.05) is 283 Å². The Labute approximate surface area is 494 Å². The first kappa shape index (κ1) is 75.5. The van der Waals surface area contributed by atoms with E-state index in [2.05, 4.69) is 154 Å². The molecule has 6 heteroatoms. The molecule has 0 aromatic carbocycles. The molecule has 0 aliphatic heterocycles. The minimum absolute atomic E-state index is 0.0879. The van der Waals surface area contributed by atoms with E-state index >= 15 is 0 Å². The Morgan fingerprint density at radius 1 is 0.263 bits per heavy atom. The first-order valence-electron chi connectivity index (χ1n) is 33.2. The topological polar surface area (TPSA) is 78.9 Å². The lowest BCUT2D eigenvalue weighted by molar-refractivity contribution is -0.167. The fourth-order valence-corrected chi connectivity index (χ4v) is 8.97. The number of unbranched alkanes of at least 4 members (excludes halogenated alkanes) is 26. The van der Waals surface area contributed by atoms with Gasteiger partial charge in [0.05, 0.1) is 0 Å². The highest BCUT2D eigenvalue weighted by Crippen LogP contribution is 2.16. The zero-order valence-corrected chi connectivity index (χ0v) is 52.0. The molecule has 0 bridgehead atoms. The van der Waals surface area contributed by atoms with Gasteiger partial charge in [0.1, 0.15) is 13.2 Å². The second kappa shape index (κ2) is 67.1. The quantitative estimate of drug-likeness (QED) is 0.0261. The molecule has 0 aliphatic carbocycles. The van der Waals surface area contributed by atoms with E-state index in [9.17, 15) is 14.4 Å². The van der Waals surface area contributed by atoms with Gasteiger partial charge in [0.2, 0.25) is 0 Å². The van der Waals surface area contributed by atoms with Crippen LogP contribution in [-0.4, -0.2) is 37.2 Å². The maximum atomic E-state index is 12.9. The monoisotopic (exact) mass is 1110 g/mol. The smallest absolute Gasteiger partial charge is 0.306 e. The van der Waals surface area contributed by atoms with Crippen molar-refractivity contribution >= 4 is 17.9 Å². The number of esters is 3. The molecular weight excluding hydrogens is 985 g/mol. The highest BCUT2D eigenvalue weighted by Gasteiger charge is 2.19. The molecule has 0 amide bonds.